The SMILES string of the molecule is Cn1ncc2c(Sc3nc4c(Cl)cc(Cl)cc4[nH]3)ncnc21. The van der Waals surface area contributed by atoms with Crippen molar-refractivity contribution in [2.45, 2.75) is 10.2 Å². The molecule has 22 heavy (non-hydrogen) atoms. The zero-order valence-corrected chi connectivity index (χ0v) is 13.5. The average molecular weight is 351 g/mol. The van der Waals surface area contributed by atoms with Gasteiger partial charge in [0.1, 0.15) is 16.9 Å². The maximum Gasteiger partial charge on any atom is 0.172 e. The van der Waals surface area contributed by atoms with Crippen molar-refractivity contribution in [1.29, 1.82) is 0 Å². The second-order valence-electron chi connectivity index (χ2n) is 4.61. The number of rotatable bonds is 2. The first kappa shape index (κ1) is 13.8. The Morgan fingerprint density at radius 2 is 2.09 bits per heavy atom. The summed E-state index contributed by atoms with van der Waals surface area (Å²) in [5, 5.41) is 7.61. The minimum Gasteiger partial charge on any atom is -0.332 e. The van der Waals surface area contributed by atoms with Crippen molar-refractivity contribution in [2.24, 2.45) is 7.05 Å². The zero-order chi connectivity index (χ0) is 15.3. The monoisotopic (exact) mass is 350 g/mol. The number of nitrogens with one attached hydrogen (secondary N) is 1. The number of nitrogens with zero attached hydrogens (tertiary/aromatic N) is 5. The van der Waals surface area contributed by atoms with Crippen LogP contribution in [0, 0.1) is 0 Å². The van der Waals surface area contributed by atoms with E-state index in [0.717, 1.165) is 21.6 Å². The molecule has 4 aromatic rings. The van der Waals surface area contributed by atoms with Crippen LogP contribution in [0.25, 0.3) is 22.1 Å². The summed E-state index contributed by atoms with van der Waals surface area (Å²) in [6.07, 6.45) is 3.25. The molecule has 0 radical (unpaired) electrons. The third kappa shape index (κ3) is 2.22. The van der Waals surface area contributed by atoms with Gasteiger partial charge >= 0.3 is 0 Å². The molecule has 6 nitrogen and oxygen atoms in total. The van der Waals surface area contributed by atoms with Gasteiger partial charge < -0.3 is 4.98 Å². The number of imidazole rings is 1. The normalized spacial score (nSPS) is 11.6. The number of aromatic amines is 1. The van der Waals surface area contributed by atoms with Gasteiger partial charge in [0.05, 0.1) is 22.1 Å². The fourth-order valence-electron chi connectivity index (χ4n) is 2.18. The van der Waals surface area contributed by atoms with Gasteiger partial charge in [0.25, 0.3) is 0 Å². The van der Waals surface area contributed by atoms with Gasteiger partial charge in [-0.1, -0.05) is 23.2 Å². The van der Waals surface area contributed by atoms with Crippen LogP contribution in [0.5, 0.6) is 0 Å². The van der Waals surface area contributed by atoms with E-state index in [1.807, 2.05) is 7.05 Å². The summed E-state index contributed by atoms with van der Waals surface area (Å²) < 4.78 is 1.70. The van der Waals surface area contributed by atoms with E-state index in [9.17, 15) is 0 Å². The van der Waals surface area contributed by atoms with E-state index >= 15 is 0 Å². The Balaban J connectivity index is 1.81. The summed E-state index contributed by atoms with van der Waals surface area (Å²) in [6, 6.07) is 3.46. The number of hydrogen-bond acceptors (Lipinski definition) is 5. The Bertz CT molecular complexity index is 1010. The molecule has 3 heterocycles. The molecule has 0 aliphatic rings. The molecule has 0 aliphatic carbocycles. The van der Waals surface area contributed by atoms with Crippen LogP contribution < -0.4 is 0 Å². The highest BCUT2D eigenvalue weighted by Crippen LogP contribution is 2.33. The topological polar surface area (TPSA) is 72.3 Å². The zero-order valence-electron chi connectivity index (χ0n) is 11.2. The Morgan fingerprint density at radius 3 is 2.95 bits per heavy atom. The van der Waals surface area contributed by atoms with E-state index < -0.39 is 0 Å². The first-order valence-electron chi connectivity index (χ1n) is 6.27. The molecule has 0 bridgehead atoms. The largest absolute Gasteiger partial charge is 0.332 e. The highest BCUT2D eigenvalue weighted by molar-refractivity contribution is 7.99. The number of H-pyrrole nitrogens is 1. The number of hydrogen-bond donors (Lipinski definition) is 1. The van der Waals surface area contributed by atoms with Crippen molar-refractivity contribution in [1.82, 2.24) is 29.7 Å². The van der Waals surface area contributed by atoms with Gasteiger partial charge in [-0.2, -0.15) is 5.10 Å². The van der Waals surface area contributed by atoms with Crippen molar-refractivity contribution in [3.8, 4) is 0 Å². The molecule has 0 saturated carbocycles. The molecule has 110 valence electrons. The van der Waals surface area contributed by atoms with E-state index in [0.29, 0.717) is 20.7 Å². The summed E-state index contributed by atoms with van der Waals surface area (Å²) >= 11 is 13.6. The molecule has 9 heteroatoms. The minimum atomic E-state index is 0.514. The van der Waals surface area contributed by atoms with Crippen LogP contribution in [0.1, 0.15) is 0 Å². The summed E-state index contributed by atoms with van der Waals surface area (Å²) in [5.74, 6) is 0. The van der Waals surface area contributed by atoms with Crippen LogP contribution >= 0.6 is 35.0 Å². The second kappa shape index (κ2) is 5.12. The Kier molecular flexibility index (Phi) is 3.21. The lowest BCUT2D eigenvalue weighted by Gasteiger charge is -1.98. The fraction of sp³-hybridized carbons (Fsp3) is 0.0769. The van der Waals surface area contributed by atoms with E-state index in [-0.39, 0.29) is 0 Å². The Labute approximate surface area is 138 Å². The lowest BCUT2D eigenvalue weighted by molar-refractivity contribution is 0.784. The Hall–Kier alpha value is -1.83. The molecule has 0 unspecified atom stereocenters. The quantitative estimate of drug-likeness (QED) is 0.558. The van der Waals surface area contributed by atoms with E-state index in [1.54, 1.807) is 23.0 Å². The van der Waals surface area contributed by atoms with Crippen molar-refractivity contribution in [3.05, 3.63) is 34.7 Å². The van der Waals surface area contributed by atoms with Crippen LogP contribution in [0.3, 0.4) is 0 Å². The third-order valence-corrected chi connectivity index (χ3v) is 4.58. The van der Waals surface area contributed by atoms with Crippen LogP contribution in [0.2, 0.25) is 10.0 Å². The van der Waals surface area contributed by atoms with Crippen LogP contribution in [-0.2, 0) is 7.05 Å². The van der Waals surface area contributed by atoms with Gasteiger partial charge in [0.15, 0.2) is 10.8 Å². The van der Waals surface area contributed by atoms with Crippen LogP contribution in [0.4, 0.5) is 0 Å². The molecule has 0 fully saturated rings. The summed E-state index contributed by atoms with van der Waals surface area (Å²) in [5.41, 5.74) is 2.25. The predicted molar refractivity (Wildman–Crippen MR) is 86.5 cm³/mol. The van der Waals surface area contributed by atoms with Gasteiger partial charge in [-0.05, 0) is 23.9 Å². The molecule has 0 spiro atoms. The van der Waals surface area contributed by atoms with E-state index in [2.05, 4.69) is 25.0 Å². The molecule has 0 amide bonds. The number of halogens is 2. The smallest absolute Gasteiger partial charge is 0.172 e. The van der Waals surface area contributed by atoms with Gasteiger partial charge in [0.2, 0.25) is 0 Å². The molecule has 0 saturated heterocycles. The van der Waals surface area contributed by atoms with Gasteiger partial charge in [-0.25, -0.2) is 15.0 Å². The van der Waals surface area contributed by atoms with E-state index in [4.69, 9.17) is 23.2 Å². The standard InChI is InChI=1S/C13H8Cl2N6S/c1-21-11-7(4-18-21)12(17-5-16-11)22-13-19-9-3-6(14)2-8(15)10(9)20-13/h2-5H,1H3,(H,19,20). The van der Waals surface area contributed by atoms with E-state index in [1.165, 1.54) is 18.1 Å². The maximum absolute atomic E-state index is 6.16. The molecule has 4 rings (SSSR count). The summed E-state index contributed by atoms with van der Waals surface area (Å²) in [7, 11) is 1.84. The first-order chi connectivity index (χ1) is 10.6. The molecular formula is C13H8Cl2N6S. The van der Waals surface area contributed by atoms with Crippen molar-refractivity contribution < 1.29 is 0 Å². The maximum atomic E-state index is 6.16. The molecule has 0 aliphatic heterocycles. The minimum absolute atomic E-state index is 0.514. The van der Waals surface area contributed by atoms with Crippen LogP contribution in [0.15, 0.2) is 34.8 Å². The second-order valence-corrected chi connectivity index (χ2v) is 6.43. The van der Waals surface area contributed by atoms with Gasteiger partial charge in [-0.3, -0.25) is 4.68 Å². The first-order valence-corrected chi connectivity index (χ1v) is 7.84. The summed E-state index contributed by atoms with van der Waals surface area (Å²) in [6.45, 7) is 0. The van der Waals surface area contributed by atoms with Crippen molar-refractivity contribution in [3.63, 3.8) is 0 Å². The third-order valence-electron chi connectivity index (χ3n) is 3.17. The lowest BCUT2D eigenvalue weighted by atomic mass is 10.3. The summed E-state index contributed by atoms with van der Waals surface area (Å²) in [4.78, 5) is 16.2. The molecule has 1 N–H and O–H groups in total. The predicted octanol–water partition coefficient (Wildman–Crippen LogP) is 3.70. The Morgan fingerprint density at radius 1 is 1.23 bits per heavy atom. The number of benzene rings is 1. The molecule has 3 aromatic heterocycles. The molecule has 0 atom stereocenters. The fourth-order valence-corrected chi connectivity index (χ4v) is 3.55. The number of aromatic nitrogens is 6. The van der Waals surface area contributed by atoms with Crippen LogP contribution in [-0.4, -0.2) is 29.7 Å². The van der Waals surface area contributed by atoms with Gasteiger partial charge in [-0.15, -0.1) is 0 Å². The average Bonchev–Trinajstić information content (AvgIpc) is 3.04. The number of aryl methyl sites for hydroxylation is 1. The highest BCUT2D eigenvalue weighted by atomic mass is 35.5. The van der Waals surface area contributed by atoms with Crippen molar-refractivity contribution in [2.75, 3.05) is 0 Å². The molecular weight excluding hydrogens is 343 g/mol. The molecule has 1 aromatic carbocycles. The highest BCUT2D eigenvalue weighted by Gasteiger charge is 2.13. The van der Waals surface area contributed by atoms with Crippen molar-refractivity contribution >= 4 is 57.0 Å². The number of fused-ring (bicyclic) bond motifs is 2. The van der Waals surface area contributed by atoms with Gasteiger partial charge in [0, 0.05) is 12.1 Å². The lowest BCUT2D eigenvalue weighted by Crippen LogP contribution is -1.92.